The lowest BCUT2D eigenvalue weighted by Gasteiger charge is -2.58. The van der Waals surface area contributed by atoms with Crippen LogP contribution >= 0.6 is 0 Å². The number of aromatic nitrogens is 2. The van der Waals surface area contributed by atoms with Gasteiger partial charge in [0, 0.05) is 44.0 Å². The normalized spacial score (nSPS) is 23.8. The number of carbonyl (C=O) groups is 2. The Labute approximate surface area is 245 Å². The summed E-state index contributed by atoms with van der Waals surface area (Å²) in [6.45, 7) is 13.7. The molecule has 41 heavy (non-hydrogen) atoms. The molecule has 2 aromatic rings. The van der Waals surface area contributed by atoms with Gasteiger partial charge in [-0.05, 0) is 81.8 Å². The van der Waals surface area contributed by atoms with Crippen molar-refractivity contribution in [2.45, 2.75) is 109 Å². The molecule has 8 nitrogen and oxygen atoms in total. The standard InChI is InChI=1S/C33H47N5O3/c1-23(2)27-8-6-7-9-28(27)29-21-35(19-24-18-34-37(20-24)25-10-11-25)22-30(39)38(29)26-16-33(17-26)12-14-36(15-13-33)31(40)41-32(3,4)5/h6-9,18,20,23,25-26,29H,10-17,19,21-22H2,1-5H3. The first-order valence-corrected chi connectivity index (χ1v) is 15.6. The number of nitrogens with zero attached hydrogens (tertiary/aromatic N) is 5. The largest absolute Gasteiger partial charge is 0.444 e. The van der Waals surface area contributed by atoms with Gasteiger partial charge in [-0.25, -0.2) is 4.79 Å². The van der Waals surface area contributed by atoms with Crippen molar-refractivity contribution in [3.05, 3.63) is 53.3 Å². The minimum atomic E-state index is -0.477. The molecule has 4 aliphatic rings. The second kappa shape index (κ2) is 10.8. The van der Waals surface area contributed by atoms with Crippen LogP contribution in [0.4, 0.5) is 4.79 Å². The minimum absolute atomic E-state index is 0.0394. The average molecular weight is 562 g/mol. The Morgan fingerprint density at radius 1 is 1.10 bits per heavy atom. The Bertz CT molecular complexity index is 1260. The van der Waals surface area contributed by atoms with Crippen molar-refractivity contribution < 1.29 is 14.3 Å². The highest BCUT2D eigenvalue weighted by atomic mass is 16.6. The van der Waals surface area contributed by atoms with Crippen molar-refractivity contribution in [1.29, 1.82) is 0 Å². The molecule has 0 N–H and O–H groups in total. The Kier molecular flexibility index (Phi) is 7.41. The summed E-state index contributed by atoms with van der Waals surface area (Å²) in [7, 11) is 0. The van der Waals surface area contributed by atoms with Gasteiger partial charge in [-0.2, -0.15) is 5.10 Å². The van der Waals surface area contributed by atoms with Gasteiger partial charge in [0.15, 0.2) is 0 Å². The lowest BCUT2D eigenvalue weighted by Crippen LogP contribution is -2.62. The molecule has 2 saturated heterocycles. The number of benzene rings is 1. The summed E-state index contributed by atoms with van der Waals surface area (Å²) in [5.41, 5.74) is 3.55. The molecule has 2 aliphatic carbocycles. The number of hydrogen-bond donors (Lipinski definition) is 0. The molecule has 0 radical (unpaired) electrons. The van der Waals surface area contributed by atoms with E-state index in [1.807, 2.05) is 31.9 Å². The van der Waals surface area contributed by atoms with E-state index >= 15 is 0 Å². The van der Waals surface area contributed by atoms with Crippen LogP contribution in [-0.2, 0) is 16.1 Å². The van der Waals surface area contributed by atoms with Crippen LogP contribution in [-0.4, -0.2) is 74.3 Å². The smallest absolute Gasteiger partial charge is 0.410 e. The number of amides is 2. The number of piperazine rings is 1. The van der Waals surface area contributed by atoms with Crippen molar-refractivity contribution >= 4 is 12.0 Å². The molecule has 1 unspecified atom stereocenters. The summed E-state index contributed by atoms with van der Waals surface area (Å²) in [6.07, 6.45) is 10.4. The van der Waals surface area contributed by atoms with Crippen molar-refractivity contribution in [3.63, 3.8) is 0 Å². The Morgan fingerprint density at radius 2 is 1.80 bits per heavy atom. The molecular formula is C33H47N5O3. The van der Waals surface area contributed by atoms with Crippen LogP contribution in [0.15, 0.2) is 36.7 Å². The summed E-state index contributed by atoms with van der Waals surface area (Å²) in [5, 5.41) is 4.59. The molecule has 1 aromatic heterocycles. The summed E-state index contributed by atoms with van der Waals surface area (Å²) >= 11 is 0. The topological polar surface area (TPSA) is 70.9 Å². The molecular weight excluding hydrogens is 514 g/mol. The zero-order valence-electron chi connectivity index (χ0n) is 25.5. The number of likely N-dealkylation sites (tertiary alicyclic amines) is 1. The van der Waals surface area contributed by atoms with Crippen LogP contribution in [0.2, 0.25) is 0 Å². The van der Waals surface area contributed by atoms with Gasteiger partial charge < -0.3 is 14.5 Å². The van der Waals surface area contributed by atoms with E-state index < -0.39 is 5.60 Å². The van der Waals surface area contributed by atoms with E-state index in [0.717, 1.165) is 51.9 Å². The maximum Gasteiger partial charge on any atom is 0.410 e. The molecule has 6 rings (SSSR count). The first kappa shape index (κ1) is 28.3. The highest BCUT2D eigenvalue weighted by Crippen LogP contribution is 2.53. The maximum absolute atomic E-state index is 14.0. The fourth-order valence-electron chi connectivity index (χ4n) is 7.30. The Balaban J connectivity index is 1.16. The lowest BCUT2D eigenvalue weighted by atomic mass is 9.59. The van der Waals surface area contributed by atoms with E-state index in [4.69, 9.17) is 4.74 Å². The number of piperidine rings is 1. The number of carbonyl (C=O) groups excluding carboxylic acids is 2. The first-order chi connectivity index (χ1) is 19.5. The van der Waals surface area contributed by atoms with Crippen molar-refractivity contribution in [1.82, 2.24) is 24.5 Å². The second-order valence-corrected chi connectivity index (χ2v) is 14.4. The molecule has 222 valence electrons. The molecule has 8 heteroatoms. The highest BCUT2D eigenvalue weighted by Gasteiger charge is 2.52. The van der Waals surface area contributed by atoms with E-state index in [-0.39, 0.29) is 29.5 Å². The molecule has 3 heterocycles. The highest BCUT2D eigenvalue weighted by molar-refractivity contribution is 5.80. The monoisotopic (exact) mass is 561 g/mol. The van der Waals surface area contributed by atoms with Gasteiger partial charge in [0.05, 0.1) is 24.8 Å². The average Bonchev–Trinajstić information content (AvgIpc) is 3.65. The maximum atomic E-state index is 14.0. The van der Waals surface area contributed by atoms with E-state index in [0.29, 0.717) is 18.5 Å². The molecule has 2 amide bonds. The molecule has 0 bridgehead atoms. The third-order valence-electron chi connectivity index (χ3n) is 9.58. The Hall–Kier alpha value is -2.87. The fraction of sp³-hybridized carbons (Fsp3) is 0.667. The predicted octanol–water partition coefficient (Wildman–Crippen LogP) is 5.91. The van der Waals surface area contributed by atoms with Crippen molar-refractivity contribution in [2.24, 2.45) is 5.41 Å². The number of ether oxygens (including phenoxy) is 1. The summed E-state index contributed by atoms with van der Waals surface area (Å²) in [5.74, 6) is 0.626. The first-order valence-electron chi connectivity index (χ1n) is 15.6. The minimum Gasteiger partial charge on any atom is -0.444 e. The number of rotatable bonds is 6. The summed E-state index contributed by atoms with van der Waals surface area (Å²) in [4.78, 5) is 33.0. The van der Waals surface area contributed by atoms with E-state index in [9.17, 15) is 9.59 Å². The van der Waals surface area contributed by atoms with E-state index in [1.54, 1.807) is 0 Å². The van der Waals surface area contributed by atoms with Gasteiger partial charge in [-0.1, -0.05) is 38.1 Å². The third-order valence-corrected chi connectivity index (χ3v) is 9.58. The van der Waals surface area contributed by atoms with Gasteiger partial charge in [0.2, 0.25) is 5.91 Å². The van der Waals surface area contributed by atoms with Gasteiger partial charge >= 0.3 is 6.09 Å². The summed E-state index contributed by atoms with van der Waals surface area (Å²) < 4.78 is 7.71. The predicted molar refractivity (Wildman–Crippen MR) is 158 cm³/mol. The van der Waals surface area contributed by atoms with Gasteiger partial charge in [0.25, 0.3) is 0 Å². The molecule has 4 fully saturated rings. The quantitative estimate of drug-likeness (QED) is 0.439. The van der Waals surface area contributed by atoms with Crippen LogP contribution in [0.25, 0.3) is 0 Å². The Morgan fingerprint density at radius 3 is 2.46 bits per heavy atom. The van der Waals surface area contributed by atoms with E-state index in [1.165, 1.54) is 29.5 Å². The molecule has 2 saturated carbocycles. The van der Waals surface area contributed by atoms with Crippen LogP contribution < -0.4 is 0 Å². The summed E-state index contributed by atoms with van der Waals surface area (Å²) in [6, 6.07) is 9.57. The fourth-order valence-corrected chi connectivity index (χ4v) is 7.30. The van der Waals surface area contributed by atoms with Crippen LogP contribution in [0.5, 0.6) is 0 Å². The van der Waals surface area contributed by atoms with Gasteiger partial charge in [-0.3, -0.25) is 14.4 Å². The van der Waals surface area contributed by atoms with Crippen LogP contribution in [0.1, 0.15) is 108 Å². The van der Waals surface area contributed by atoms with Crippen LogP contribution in [0, 0.1) is 5.41 Å². The zero-order valence-corrected chi connectivity index (χ0v) is 25.5. The molecule has 1 aromatic carbocycles. The van der Waals surface area contributed by atoms with Crippen LogP contribution in [0.3, 0.4) is 0 Å². The van der Waals surface area contributed by atoms with Gasteiger partial charge in [0.1, 0.15) is 5.60 Å². The lowest BCUT2D eigenvalue weighted by molar-refractivity contribution is -0.153. The second-order valence-electron chi connectivity index (χ2n) is 14.4. The number of hydrogen-bond acceptors (Lipinski definition) is 5. The van der Waals surface area contributed by atoms with Crippen molar-refractivity contribution in [3.8, 4) is 0 Å². The molecule has 2 aliphatic heterocycles. The zero-order chi connectivity index (χ0) is 28.9. The molecule has 1 spiro atoms. The van der Waals surface area contributed by atoms with E-state index in [2.05, 4.69) is 63.9 Å². The third kappa shape index (κ3) is 6.04. The van der Waals surface area contributed by atoms with Gasteiger partial charge in [-0.15, -0.1) is 0 Å². The van der Waals surface area contributed by atoms with Crippen molar-refractivity contribution in [2.75, 3.05) is 26.2 Å². The SMILES string of the molecule is CC(C)c1ccccc1C1CN(Cc2cnn(C3CC3)c2)CC(=O)N1C1CC2(CCN(C(=O)OC(C)(C)C)CC2)C1. The molecule has 1 atom stereocenters.